The normalized spacial score (nSPS) is 14.6. The number of nitrogens with one attached hydrogen (secondary N) is 1. The number of aryl methyl sites for hydroxylation is 2. The summed E-state index contributed by atoms with van der Waals surface area (Å²) < 4.78 is 5.83. The summed E-state index contributed by atoms with van der Waals surface area (Å²) in [6.07, 6.45) is 8.11. The molecule has 2 aromatic rings. The quantitative estimate of drug-likeness (QED) is 0.845. The minimum atomic E-state index is 0.721. The van der Waals surface area contributed by atoms with E-state index in [-0.39, 0.29) is 0 Å². The Balaban J connectivity index is 1.73. The first-order chi connectivity index (χ1) is 9.36. The van der Waals surface area contributed by atoms with E-state index in [4.69, 9.17) is 4.42 Å². The molecule has 0 amide bonds. The summed E-state index contributed by atoms with van der Waals surface area (Å²) in [5, 5.41) is 3.31. The molecular weight excluding hydrogens is 256 g/mol. The van der Waals surface area contributed by atoms with E-state index in [9.17, 15) is 0 Å². The second-order valence-corrected chi connectivity index (χ2v) is 6.20. The second-order valence-electron chi connectivity index (χ2n) is 5.06. The van der Waals surface area contributed by atoms with Gasteiger partial charge in [-0.25, -0.2) is 4.98 Å². The van der Waals surface area contributed by atoms with Crippen molar-refractivity contribution < 1.29 is 4.42 Å². The second kappa shape index (κ2) is 5.88. The van der Waals surface area contributed by atoms with Gasteiger partial charge in [-0.05, 0) is 50.3 Å². The van der Waals surface area contributed by atoms with Gasteiger partial charge in [0.15, 0.2) is 5.76 Å². The Kier molecular flexibility index (Phi) is 3.99. The van der Waals surface area contributed by atoms with Gasteiger partial charge in [-0.15, -0.1) is 11.3 Å². The fraction of sp³-hybridized carbons (Fsp3) is 0.533. The first-order valence-corrected chi connectivity index (χ1v) is 7.96. The molecular formula is C15H20N2OS. The van der Waals surface area contributed by atoms with Crippen LogP contribution in [0, 0.1) is 0 Å². The molecule has 0 saturated carbocycles. The predicted molar refractivity (Wildman–Crippen MR) is 78.5 cm³/mol. The van der Waals surface area contributed by atoms with Crippen molar-refractivity contribution in [3.63, 3.8) is 0 Å². The monoisotopic (exact) mass is 276 g/mol. The van der Waals surface area contributed by atoms with Crippen LogP contribution in [0.2, 0.25) is 0 Å². The molecule has 2 heterocycles. The minimum absolute atomic E-state index is 0.721. The molecule has 3 rings (SSSR count). The molecule has 0 saturated heterocycles. The molecule has 0 bridgehead atoms. The molecule has 0 aromatic carbocycles. The molecule has 0 unspecified atom stereocenters. The fourth-order valence-electron chi connectivity index (χ4n) is 2.49. The molecule has 0 radical (unpaired) electrons. The first kappa shape index (κ1) is 12.9. The third-order valence-corrected chi connectivity index (χ3v) is 4.75. The van der Waals surface area contributed by atoms with Crippen LogP contribution in [0.1, 0.15) is 42.5 Å². The van der Waals surface area contributed by atoms with E-state index >= 15 is 0 Å². The lowest BCUT2D eigenvalue weighted by atomic mass is 9.99. The highest BCUT2D eigenvalue weighted by molar-refractivity contribution is 7.15. The van der Waals surface area contributed by atoms with E-state index in [1.54, 1.807) is 4.88 Å². The van der Waals surface area contributed by atoms with Crippen LogP contribution in [-0.2, 0) is 19.4 Å². The lowest BCUT2D eigenvalue weighted by Crippen LogP contribution is -2.13. The number of oxazole rings is 1. The Labute approximate surface area is 118 Å². The van der Waals surface area contributed by atoms with Gasteiger partial charge in [-0.1, -0.05) is 6.92 Å². The largest absolute Gasteiger partial charge is 0.438 e. The molecule has 1 aliphatic rings. The lowest BCUT2D eigenvalue weighted by Gasteiger charge is -2.08. The van der Waals surface area contributed by atoms with Crippen LogP contribution < -0.4 is 5.32 Å². The zero-order valence-electron chi connectivity index (χ0n) is 11.4. The summed E-state index contributed by atoms with van der Waals surface area (Å²) in [5.74, 6) is 1.71. The van der Waals surface area contributed by atoms with E-state index < -0.39 is 0 Å². The first-order valence-electron chi connectivity index (χ1n) is 7.14. The summed E-state index contributed by atoms with van der Waals surface area (Å²) in [7, 11) is 0. The number of nitrogens with zero attached hydrogens (tertiary/aromatic N) is 1. The molecule has 0 aliphatic heterocycles. The van der Waals surface area contributed by atoms with Gasteiger partial charge in [0.05, 0.1) is 17.6 Å². The van der Waals surface area contributed by atoms with Crippen LogP contribution in [0.3, 0.4) is 0 Å². The number of hydrogen-bond donors (Lipinski definition) is 1. The SMILES string of the molecule is CCCNCc1ncc(-c2cc3c(s2)CCCC3)o1. The summed E-state index contributed by atoms with van der Waals surface area (Å²) in [5.41, 5.74) is 1.52. The van der Waals surface area contributed by atoms with Crippen LogP contribution in [0.5, 0.6) is 0 Å². The highest BCUT2D eigenvalue weighted by Gasteiger charge is 2.16. The molecule has 0 spiro atoms. The van der Waals surface area contributed by atoms with Gasteiger partial charge in [-0.3, -0.25) is 0 Å². The predicted octanol–water partition coefficient (Wildman–Crippen LogP) is 3.78. The number of thiophene rings is 1. The fourth-order valence-corrected chi connectivity index (χ4v) is 3.69. The van der Waals surface area contributed by atoms with Gasteiger partial charge < -0.3 is 9.73 Å². The van der Waals surface area contributed by atoms with E-state index in [0.29, 0.717) is 0 Å². The van der Waals surface area contributed by atoms with Crippen molar-refractivity contribution in [2.45, 2.75) is 45.6 Å². The van der Waals surface area contributed by atoms with Crippen LogP contribution in [0.15, 0.2) is 16.7 Å². The van der Waals surface area contributed by atoms with Crippen molar-refractivity contribution in [2.75, 3.05) is 6.54 Å². The van der Waals surface area contributed by atoms with Crippen molar-refractivity contribution >= 4 is 11.3 Å². The Morgan fingerprint density at radius 2 is 2.26 bits per heavy atom. The van der Waals surface area contributed by atoms with E-state index in [1.807, 2.05) is 17.5 Å². The third kappa shape index (κ3) is 2.90. The van der Waals surface area contributed by atoms with Crippen LogP contribution in [0.25, 0.3) is 10.6 Å². The summed E-state index contributed by atoms with van der Waals surface area (Å²) >= 11 is 1.88. The average Bonchev–Trinajstić information content (AvgIpc) is 3.04. The van der Waals surface area contributed by atoms with E-state index in [2.05, 4.69) is 23.3 Å². The van der Waals surface area contributed by atoms with E-state index in [1.165, 1.54) is 36.1 Å². The summed E-state index contributed by atoms with van der Waals surface area (Å²) in [4.78, 5) is 7.13. The van der Waals surface area contributed by atoms with Crippen molar-refractivity contribution in [3.05, 3.63) is 28.6 Å². The Bertz CT molecular complexity index is 521. The van der Waals surface area contributed by atoms with Crippen molar-refractivity contribution in [2.24, 2.45) is 0 Å². The smallest absolute Gasteiger partial charge is 0.208 e. The number of aromatic nitrogens is 1. The molecule has 0 fully saturated rings. The highest BCUT2D eigenvalue weighted by atomic mass is 32.1. The molecule has 4 heteroatoms. The average molecular weight is 276 g/mol. The molecule has 1 N–H and O–H groups in total. The van der Waals surface area contributed by atoms with Gasteiger partial charge >= 0.3 is 0 Å². The van der Waals surface area contributed by atoms with Gasteiger partial charge in [-0.2, -0.15) is 0 Å². The molecule has 3 nitrogen and oxygen atoms in total. The maximum atomic E-state index is 5.83. The van der Waals surface area contributed by atoms with Crippen molar-refractivity contribution in [3.8, 4) is 10.6 Å². The van der Waals surface area contributed by atoms with E-state index in [0.717, 1.165) is 31.2 Å². The van der Waals surface area contributed by atoms with Crippen LogP contribution in [0.4, 0.5) is 0 Å². The number of hydrogen-bond acceptors (Lipinski definition) is 4. The summed E-state index contributed by atoms with van der Waals surface area (Å²) in [6, 6.07) is 2.29. The minimum Gasteiger partial charge on any atom is -0.438 e. The number of rotatable bonds is 5. The number of fused-ring (bicyclic) bond motifs is 1. The van der Waals surface area contributed by atoms with Gasteiger partial charge in [0.25, 0.3) is 0 Å². The third-order valence-electron chi connectivity index (χ3n) is 3.50. The summed E-state index contributed by atoms with van der Waals surface area (Å²) in [6.45, 7) is 3.88. The van der Waals surface area contributed by atoms with Gasteiger partial charge in [0.1, 0.15) is 0 Å². The van der Waals surface area contributed by atoms with Crippen LogP contribution in [-0.4, -0.2) is 11.5 Å². The highest BCUT2D eigenvalue weighted by Crippen LogP contribution is 2.35. The topological polar surface area (TPSA) is 38.1 Å². The molecule has 2 aromatic heterocycles. The van der Waals surface area contributed by atoms with Crippen molar-refractivity contribution in [1.29, 1.82) is 0 Å². The standard InChI is InChI=1S/C15H20N2OS/c1-2-7-16-10-15-17-9-12(18-15)14-8-11-5-3-4-6-13(11)19-14/h8-9,16H,2-7,10H2,1H3. The zero-order chi connectivity index (χ0) is 13.1. The maximum Gasteiger partial charge on any atom is 0.208 e. The maximum absolute atomic E-state index is 5.83. The van der Waals surface area contributed by atoms with Gasteiger partial charge in [0.2, 0.25) is 5.89 Å². The van der Waals surface area contributed by atoms with Crippen molar-refractivity contribution in [1.82, 2.24) is 10.3 Å². The molecule has 102 valence electrons. The lowest BCUT2D eigenvalue weighted by molar-refractivity contribution is 0.478. The molecule has 0 atom stereocenters. The Hall–Kier alpha value is -1.13. The molecule has 1 aliphatic carbocycles. The Morgan fingerprint density at radius 3 is 3.11 bits per heavy atom. The Morgan fingerprint density at radius 1 is 1.37 bits per heavy atom. The van der Waals surface area contributed by atoms with Crippen LogP contribution >= 0.6 is 11.3 Å². The van der Waals surface area contributed by atoms with Gasteiger partial charge in [0, 0.05) is 4.88 Å². The zero-order valence-corrected chi connectivity index (χ0v) is 12.2. The molecule has 19 heavy (non-hydrogen) atoms.